The van der Waals surface area contributed by atoms with Crippen LogP contribution < -0.4 is 0 Å². The van der Waals surface area contributed by atoms with Crippen molar-refractivity contribution in [2.45, 2.75) is 38.7 Å². The first-order valence-electron chi connectivity index (χ1n) is 4.48. The average molecular weight is 168 g/mol. The largest absolute Gasteiger partial charge is 0.389 e. The van der Waals surface area contributed by atoms with E-state index in [2.05, 4.69) is 27.0 Å². The van der Waals surface area contributed by atoms with E-state index in [9.17, 15) is 5.11 Å². The molecule has 0 saturated heterocycles. The summed E-state index contributed by atoms with van der Waals surface area (Å²) in [7, 11) is 0. The third-order valence-electron chi connectivity index (χ3n) is 1.84. The summed E-state index contributed by atoms with van der Waals surface area (Å²) in [5.41, 5.74) is -0.613. The van der Waals surface area contributed by atoms with Gasteiger partial charge in [-0.3, -0.25) is 0 Å². The summed E-state index contributed by atoms with van der Waals surface area (Å²) in [5, 5.41) is 10.0. The van der Waals surface area contributed by atoms with Crippen LogP contribution in [0.2, 0.25) is 0 Å². The standard InChI is InChI=1S/C11H20O/c1-5-7-11(12,8-6-2)9-10(3)4/h5-6,10,12H,1-2,7-9H2,3-4H3. The van der Waals surface area contributed by atoms with Gasteiger partial charge in [-0.2, -0.15) is 0 Å². The van der Waals surface area contributed by atoms with Gasteiger partial charge in [-0.15, -0.1) is 13.2 Å². The van der Waals surface area contributed by atoms with E-state index < -0.39 is 5.60 Å². The van der Waals surface area contributed by atoms with E-state index >= 15 is 0 Å². The third kappa shape index (κ3) is 4.35. The van der Waals surface area contributed by atoms with Crippen LogP contribution in [0.3, 0.4) is 0 Å². The van der Waals surface area contributed by atoms with Gasteiger partial charge in [0.25, 0.3) is 0 Å². The highest BCUT2D eigenvalue weighted by Crippen LogP contribution is 2.24. The van der Waals surface area contributed by atoms with Crippen LogP contribution in [-0.4, -0.2) is 10.7 Å². The summed E-state index contributed by atoms with van der Waals surface area (Å²) in [5.74, 6) is 0.509. The topological polar surface area (TPSA) is 20.2 Å². The Bertz CT molecular complexity index is 137. The summed E-state index contributed by atoms with van der Waals surface area (Å²) in [6.07, 6.45) is 5.65. The summed E-state index contributed by atoms with van der Waals surface area (Å²) in [6.45, 7) is 11.5. The van der Waals surface area contributed by atoms with Gasteiger partial charge in [0.15, 0.2) is 0 Å². The van der Waals surface area contributed by atoms with Crippen molar-refractivity contribution in [2.75, 3.05) is 0 Å². The van der Waals surface area contributed by atoms with Crippen LogP contribution in [0.25, 0.3) is 0 Å². The Morgan fingerprint density at radius 3 is 1.92 bits per heavy atom. The maximum Gasteiger partial charge on any atom is 0.0718 e. The highest BCUT2D eigenvalue weighted by atomic mass is 16.3. The molecule has 0 aliphatic heterocycles. The van der Waals surface area contributed by atoms with E-state index in [1.54, 1.807) is 12.2 Å². The zero-order valence-electron chi connectivity index (χ0n) is 8.21. The molecule has 70 valence electrons. The maximum absolute atomic E-state index is 10.0. The van der Waals surface area contributed by atoms with Gasteiger partial charge in [0.05, 0.1) is 5.60 Å². The first kappa shape index (κ1) is 11.4. The molecule has 0 radical (unpaired) electrons. The van der Waals surface area contributed by atoms with Crippen LogP contribution in [0, 0.1) is 5.92 Å². The van der Waals surface area contributed by atoms with Gasteiger partial charge in [-0.1, -0.05) is 26.0 Å². The summed E-state index contributed by atoms with van der Waals surface area (Å²) < 4.78 is 0. The van der Waals surface area contributed by atoms with Gasteiger partial charge in [-0.25, -0.2) is 0 Å². The number of aliphatic hydroxyl groups is 1. The van der Waals surface area contributed by atoms with Gasteiger partial charge in [0.1, 0.15) is 0 Å². The van der Waals surface area contributed by atoms with Crippen molar-refractivity contribution in [3.8, 4) is 0 Å². The van der Waals surface area contributed by atoms with Crippen molar-refractivity contribution in [3.63, 3.8) is 0 Å². The number of hydrogen-bond donors (Lipinski definition) is 1. The van der Waals surface area contributed by atoms with Gasteiger partial charge in [-0.05, 0) is 25.2 Å². The van der Waals surface area contributed by atoms with Crippen LogP contribution >= 0.6 is 0 Å². The van der Waals surface area contributed by atoms with E-state index in [4.69, 9.17) is 0 Å². The Hall–Kier alpha value is -0.560. The quantitative estimate of drug-likeness (QED) is 0.605. The molecule has 1 nitrogen and oxygen atoms in total. The molecule has 0 spiro atoms. The monoisotopic (exact) mass is 168 g/mol. The second-order valence-electron chi connectivity index (χ2n) is 3.81. The first-order chi connectivity index (χ1) is 5.54. The van der Waals surface area contributed by atoms with E-state index in [0.29, 0.717) is 18.8 Å². The minimum atomic E-state index is -0.613. The molecule has 0 amide bonds. The van der Waals surface area contributed by atoms with Crippen molar-refractivity contribution < 1.29 is 5.11 Å². The Labute approximate surface area is 75.8 Å². The lowest BCUT2D eigenvalue weighted by Crippen LogP contribution is -2.29. The summed E-state index contributed by atoms with van der Waals surface area (Å²) in [6, 6.07) is 0. The van der Waals surface area contributed by atoms with Crippen molar-refractivity contribution in [1.29, 1.82) is 0 Å². The zero-order valence-corrected chi connectivity index (χ0v) is 8.21. The molecule has 1 heteroatoms. The SMILES string of the molecule is C=CCC(O)(CC=C)CC(C)C. The maximum atomic E-state index is 10.0. The van der Waals surface area contributed by atoms with Gasteiger partial charge >= 0.3 is 0 Å². The lowest BCUT2D eigenvalue weighted by atomic mass is 9.86. The van der Waals surface area contributed by atoms with E-state index in [0.717, 1.165) is 6.42 Å². The molecule has 0 aliphatic rings. The van der Waals surface area contributed by atoms with Crippen molar-refractivity contribution in [2.24, 2.45) is 5.92 Å². The third-order valence-corrected chi connectivity index (χ3v) is 1.84. The molecule has 0 aromatic heterocycles. The van der Waals surface area contributed by atoms with Crippen molar-refractivity contribution in [3.05, 3.63) is 25.3 Å². The molecule has 0 rings (SSSR count). The number of hydrogen-bond acceptors (Lipinski definition) is 1. The molecule has 0 aliphatic carbocycles. The van der Waals surface area contributed by atoms with Crippen LogP contribution in [0.15, 0.2) is 25.3 Å². The van der Waals surface area contributed by atoms with Gasteiger partial charge in [0, 0.05) is 0 Å². The molecule has 0 fully saturated rings. The molecule has 0 atom stereocenters. The highest BCUT2D eigenvalue weighted by molar-refractivity contribution is 4.92. The lowest BCUT2D eigenvalue weighted by Gasteiger charge is -2.27. The molecule has 12 heavy (non-hydrogen) atoms. The lowest BCUT2D eigenvalue weighted by molar-refractivity contribution is 0.0254. The molecule has 0 aromatic rings. The predicted molar refractivity (Wildman–Crippen MR) is 54.0 cm³/mol. The van der Waals surface area contributed by atoms with Crippen LogP contribution in [0.5, 0.6) is 0 Å². The summed E-state index contributed by atoms with van der Waals surface area (Å²) >= 11 is 0. The molecule has 0 unspecified atom stereocenters. The smallest absolute Gasteiger partial charge is 0.0718 e. The Balaban J connectivity index is 4.15. The van der Waals surface area contributed by atoms with E-state index in [-0.39, 0.29) is 0 Å². The zero-order chi connectivity index (χ0) is 9.61. The second kappa shape index (κ2) is 5.15. The van der Waals surface area contributed by atoms with Crippen LogP contribution in [0.1, 0.15) is 33.1 Å². The molecule has 0 saturated carbocycles. The molecule has 1 N–H and O–H groups in total. The minimum absolute atomic E-state index is 0.509. The Kier molecular flexibility index (Phi) is 4.91. The fourth-order valence-electron chi connectivity index (χ4n) is 1.55. The summed E-state index contributed by atoms with van der Waals surface area (Å²) in [4.78, 5) is 0. The Morgan fingerprint density at radius 1 is 1.25 bits per heavy atom. The normalized spacial score (nSPS) is 11.7. The average Bonchev–Trinajstić information content (AvgIpc) is 1.85. The van der Waals surface area contributed by atoms with Crippen LogP contribution in [0.4, 0.5) is 0 Å². The molecular weight excluding hydrogens is 148 g/mol. The van der Waals surface area contributed by atoms with Gasteiger partial charge < -0.3 is 5.11 Å². The Morgan fingerprint density at radius 2 is 1.67 bits per heavy atom. The van der Waals surface area contributed by atoms with Crippen molar-refractivity contribution >= 4 is 0 Å². The molecule has 0 aromatic carbocycles. The van der Waals surface area contributed by atoms with E-state index in [1.807, 2.05) is 0 Å². The van der Waals surface area contributed by atoms with E-state index in [1.165, 1.54) is 0 Å². The minimum Gasteiger partial charge on any atom is -0.389 e. The van der Waals surface area contributed by atoms with Crippen molar-refractivity contribution in [1.82, 2.24) is 0 Å². The highest BCUT2D eigenvalue weighted by Gasteiger charge is 2.24. The first-order valence-corrected chi connectivity index (χ1v) is 4.48. The predicted octanol–water partition coefficient (Wildman–Crippen LogP) is 2.92. The second-order valence-corrected chi connectivity index (χ2v) is 3.81. The fraction of sp³-hybridized carbons (Fsp3) is 0.636. The molecule has 0 bridgehead atoms. The number of rotatable bonds is 6. The van der Waals surface area contributed by atoms with Crippen LogP contribution in [-0.2, 0) is 0 Å². The van der Waals surface area contributed by atoms with Gasteiger partial charge in [0.2, 0.25) is 0 Å². The molecular formula is C11H20O. The molecule has 0 heterocycles. The fourth-order valence-corrected chi connectivity index (χ4v) is 1.55.